The van der Waals surface area contributed by atoms with Crippen LogP contribution in [0.15, 0.2) is 60.0 Å². The van der Waals surface area contributed by atoms with E-state index in [0.29, 0.717) is 18.8 Å². The maximum atomic E-state index is 12.3. The zero-order valence-electron chi connectivity index (χ0n) is 17.3. The third kappa shape index (κ3) is 4.18. The second kappa shape index (κ2) is 8.86. The van der Waals surface area contributed by atoms with E-state index in [9.17, 15) is 9.90 Å². The van der Waals surface area contributed by atoms with Gasteiger partial charge in [0.25, 0.3) is 0 Å². The van der Waals surface area contributed by atoms with E-state index in [1.54, 1.807) is 11.3 Å². The van der Waals surface area contributed by atoms with Crippen molar-refractivity contribution in [2.45, 2.75) is 33.4 Å². The number of hydrogen-bond donors (Lipinski definition) is 2. The molecule has 0 amide bonds. The number of benzene rings is 2. The number of nitrogens with one attached hydrogen (secondary N) is 1. The Balaban J connectivity index is 1.70. The minimum Gasteiger partial charge on any atom is -0.477 e. The minimum absolute atomic E-state index is 0.377. The Morgan fingerprint density at radius 2 is 1.93 bits per heavy atom. The van der Waals surface area contributed by atoms with Crippen molar-refractivity contribution in [1.29, 1.82) is 0 Å². The van der Waals surface area contributed by atoms with E-state index >= 15 is 0 Å². The summed E-state index contributed by atoms with van der Waals surface area (Å²) in [5, 5.41) is 16.7. The molecule has 0 spiro atoms. The van der Waals surface area contributed by atoms with Crippen LogP contribution in [0.3, 0.4) is 0 Å². The van der Waals surface area contributed by atoms with Gasteiger partial charge in [0.2, 0.25) is 0 Å². The maximum absolute atomic E-state index is 12.3. The molecule has 0 saturated carbocycles. The molecule has 0 aliphatic rings. The number of carboxylic acid groups (broad SMARTS) is 1. The second-order valence-corrected chi connectivity index (χ2v) is 8.70. The van der Waals surface area contributed by atoms with Crippen LogP contribution < -0.4 is 5.32 Å². The molecule has 2 N–H and O–H groups in total. The Labute approximate surface area is 180 Å². The van der Waals surface area contributed by atoms with Crippen molar-refractivity contribution in [2.75, 3.05) is 6.54 Å². The van der Waals surface area contributed by atoms with Crippen molar-refractivity contribution >= 4 is 28.2 Å². The highest BCUT2D eigenvalue weighted by molar-refractivity contribution is 7.09. The van der Waals surface area contributed by atoms with Gasteiger partial charge in [-0.1, -0.05) is 42.5 Å². The van der Waals surface area contributed by atoms with Gasteiger partial charge in [-0.25, -0.2) is 4.79 Å². The number of aromatic carboxylic acids is 1. The first-order valence-corrected chi connectivity index (χ1v) is 11.0. The molecule has 0 aliphatic carbocycles. The monoisotopic (exact) mass is 418 g/mol. The molecule has 0 radical (unpaired) electrons. The number of aryl methyl sites for hydroxylation is 2. The summed E-state index contributed by atoms with van der Waals surface area (Å²) in [5.74, 6) is -0.882. The Kier molecular flexibility index (Phi) is 6.02. The molecule has 2 aromatic heterocycles. The van der Waals surface area contributed by atoms with Crippen LogP contribution in [0.4, 0.5) is 0 Å². The summed E-state index contributed by atoms with van der Waals surface area (Å²) < 4.78 is 1.96. The summed E-state index contributed by atoms with van der Waals surface area (Å²) in [7, 11) is 0. The first-order valence-electron chi connectivity index (χ1n) is 10.2. The number of carbonyl (C=O) groups is 1. The number of hydrogen-bond acceptors (Lipinski definition) is 3. The van der Waals surface area contributed by atoms with Gasteiger partial charge >= 0.3 is 5.97 Å². The molecule has 5 heteroatoms. The van der Waals surface area contributed by atoms with Crippen LogP contribution in [0.25, 0.3) is 10.9 Å². The molecule has 2 heterocycles. The Morgan fingerprint density at radius 3 is 2.67 bits per heavy atom. The topological polar surface area (TPSA) is 54.3 Å². The van der Waals surface area contributed by atoms with Gasteiger partial charge < -0.3 is 15.0 Å². The maximum Gasteiger partial charge on any atom is 0.352 e. The smallest absolute Gasteiger partial charge is 0.352 e. The first-order chi connectivity index (χ1) is 14.5. The van der Waals surface area contributed by atoms with Crippen LogP contribution in [0, 0.1) is 13.8 Å². The zero-order valence-corrected chi connectivity index (χ0v) is 18.1. The average Bonchev–Trinajstić information content (AvgIpc) is 3.33. The average molecular weight is 419 g/mol. The Hall–Kier alpha value is -2.89. The number of carboxylic acids is 1. The highest BCUT2D eigenvalue weighted by Gasteiger charge is 2.22. The fraction of sp³-hybridized carbons (Fsp3) is 0.240. The lowest BCUT2D eigenvalue weighted by Crippen LogP contribution is -2.19. The quantitative estimate of drug-likeness (QED) is 0.377. The number of nitrogens with zero attached hydrogens (tertiary/aromatic N) is 1. The molecule has 0 bridgehead atoms. The van der Waals surface area contributed by atoms with E-state index in [1.807, 2.05) is 23.6 Å². The highest BCUT2D eigenvalue weighted by atomic mass is 32.1. The van der Waals surface area contributed by atoms with E-state index in [2.05, 4.69) is 60.1 Å². The molecule has 4 nitrogen and oxygen atoms in total. The van der Waals surface area contributed by atoms with Crippen molar-refractivity contribution in [3.8, 4) is 0 Å². The SMILES string of the molecule is Cc1ccc2c(CNCCc3cccs3)c(C(=O)O)n(Cc3ccccc3C)c2c1. The summed E-state index contributed by atoms with van der Waals surface area (Å²) in [5.41, 5.74) is 5.64. The second-order valence-electron chi connectivity index (χ2n) is 7.67. The first kappa shape index (κ1) is 20.4. The number of thiophene rings is 1. The van der Waals surface area contributed by atoms with Crippen LogP contribution in [-0.4, -0.2) is 22.2 Å². The molecule has 0 fully saturated rings. The zero-order chi connectivity index (χ0) is 21.1. The Morgan fingerprint density at radius 1 is 1.10 bits per heavy atom. The van der Waals surface area contributed by atoms with Gasteiger partial charge in [0.15, 0.2) is 0 Å². The van der Waals surface area contributed by atoms with Crippen molar-refractivity contribution in [1.82, 2.24) is 9.88 Å². The van der Waals surface area contributed by atoms with Gasteiger partial charge in [0.05, 0.1) is 0 Å². The molecule has 154 valence electrons. The molecule has 0 saturated heterocycles. The van der Waals surface area contributed by atoms with Gasteiger partial charge in [-0.2, -0.15) is 0 Å². The summed E-state index contributed by atoms with van der Waals surface area (Å²) >= 11 is 1.75. The largest absolute Gasteiger partial charge is 0.477 e. The van der Waals surface area contributed by atoms with E-state index in [0.717, 1.165) is 40.6 Å². The fourth-order valence-electron chi connectivity index (χ4n) is 3.96. The molecular weight excluding hydrogens is 392 g/mol. The van der Waals surface area contributed by atoms with Gasteiger partial charge in [-0.3, -0.25) is 0 Å². The minimum atomic E-state index is -0.882. The number of fused-ring (bicyclic) bond motifs is 1. The van der Waals surface area contributed by atoms with Crippen LogP contribution in [0.2, 0.25) is 0 Å². The van der Waals surface area contributed by atoms with Crippen molar-refractivity contribution in [3.63, 3.8) is 0 Å². The summed E-state index contributed by atoms with van der Waals surface area (Å²) in [6.07, 6.45) is 0.945. The van der Waals surface area contributed by atoms with Gasteiger partial charge in [-0.15, -0.1) is 11.3 Å². The van der Waals surface area contributed by atoms with Crippen LogP contribution in [0.1, 0.15) is 37.6 Å². The molecule has 30 heavy (non-hydrogen) atoms. The van der Waals surface area contributed by atoms with E-state index in [-0.39, 0.29) is 0 Å². The number of rotatable bonds is 8. The predicted octanol–water partition coefficient (Wildman–Crippen LogP) is 5.40. The molecule has 0 unspecified atom stereocenters. The fourth-order valence-corrected chi connectivity index (χ4v) is 4.67. The molecular formula is C25H26N2O2S. The Bertz CT molecular complexity index is 1180. The summed E-state index contributed by atoms with van der Waals surface area (Å²) in [6.45, 7) is 6.01. The van der Waals surface area contributed by atoms with Gasteiger partial charge in [0.1, 0.15) is 5.69 Å². The molecule has 2 aromatic carbocycles. The van der Waals surface area contributed by atoms with Gasteiger partial charge in [-0.05, 0) is 54.5 Å². The lowest BCUT2D eigenvalue weighted by atomic mass is 10.1. The third-order valence-corrected chi connectivity index (χ3v) is 6.48. The van der Waals surface area contributed by atoms with E-state index in [4.69, 9.17) is 0 Å². The van der Waals surface area contributed by atoms with Crippen LogP contribution in [-0.2, 0) is 19.5 Å². The van der Waals surface area contributed by atoms with E-state index < -0.39 is 5.97 Å². The van der Waals surface area contributed by atoms with Crippen molar-refractivity contribution in [2.24, 2.45) is 0 Å². The molecule has 0 aliphatic heterocycles. The van der Waals surface area contributed by atoms with Gasteiger partial charge in [0, 0.05) is 41.0 Å². The van der Waals surface area contributed by atoms with Crippen molar-refractivity contribution < 1.29 is 9.90 Å². The lowest BCUT2D eigenvalue weighted by molar-refractivity contribution is 0.0684. The summed E-state index contributed by atoms with van der Waals surface area (Å²) in [6, 6.07) is 18.6. The predicted molar refractivity (Wildman–Crippen MR) is 124 cm³/mol. The summed E-state index contributed by atoms with van der Waals surface area (Å²) in [4.78, 5) is 13.7. The molecule has 4 rings (SSSR count). The molecule has 0 atom stereocenters. The van der Waals surface area contributed by atoms with Crippen LogP contribution in [0.5, 0.6) is 0 Å². The van der Waals surface area contributed by atoms with Crippen LogP contribution >= 0.6 is 11.3 Å². The molecule has 4 aromatic rings. The normalized spacial score (nSPS) is 11.3. The van der Waals surface area contributed by atoms with Crippen molar-refractivity contribution in [3.05, 3.63) is 92.8 Å². The highest BCUT2D eigenvalue weighted by Crippen LogP contribution is 2.29. The third-order valence-electron chi connectivity index (χ3n) is 5.55. The standard InChI is InChI=1S/C25H26N2O2S/c1-17-9-10-21-22(15-26-12-11-20-8-5-13-30-20)24(25(28)29)27(23(21)14-17)16-19-7-4-3-6-18(19)2/h3-10,13-14,26H,11-12,15-16H2,1-2H3,(H,28,29). The number of aromatic nitrogens is 1. The van der Waals surface area contributed by atoms with E-state index in [1.165, 1.54) is 10.4 Å². The lowest BCUT2D eigenvalue weighted by Gasteiger charge is -2.12.